The topological polar surface area (TPSA) is 63.8 Å². The van der Waals surface area contributed by atoms with Gasteiger partial charge >= 0.3 is 0 Å². The lowest BCUT2D eigenvalue weighted by Crippen LogP contribution is -2.17. The molecule has 0 fully saturated rings. The maximum absolute atomic E-state index is 12.0. The maximum atomic E-state index is 12.0. The minimum Gasteiger partial charge on any atom is -0.495 e. The zero-order valence-corrected chi connectivity index (χ0v) is 16.6. The second-order valence-electron chi connectivity index (χ2n) is 5.26. The van der Waals surface area contributed by atoms with Crippen molar-refractivity contribution in [3.63, 3.8) is 0 Å². The first-order valence-corrected chi connectivity index (χ1v) is 9.05. The molecule has 0 saturated heterocycles. The molecule has 1 N–H and O–H groups in total. The lowest BCUT2D eigenvalue weighted by atomic mass is 10.2. The summed E-state index contributed by atoms with van der Waals surface area (Å²) in [5, 5.41) is 4.43. The molecular formula is C19H14ClIN2O3. The number of carbonyl (C=O) groups is 1. The van der Waals surface area contributed by atoms with Gasteiger partial charge in [0.2, 0.25) is 0 Å². The summed E-state index contributed by atoms with van der Waals surface area (Å²) in [6.45, 7) is 0. The summed E-state index contributed by atoms with van der Waals surface area (Å²) < 4.78 is 11.8. The maximum Gasteiger partial charge on any atom is 0.271 e. The number of nitrogens with zero attached hydrogens (tertiary/aromatic N) is 1. The highest BCUT2D eigenvalue weighted by atomic mass is 127. The molecule has 5 nitrogen and oxygen atoms in total. The number of ether oxygens (including phenoxy) is 1. The molecule has 26 heavy (non-hydrogen) atoms. The molecule has 0 aliphatic heterocycles. The number of methoxy groups -OCH3 is 1. The lowest BCUT2D eigenvalue weighted by Gasteiger charge is -2.04. The van der Waals surface area contributed by atoms with Crippen LogP contribution in [0.15, 0.2) is 64.1 Å². The van der Waals surface area contributed by atoms with Crippen molar-refractivity contribution in [1.82, 2.24) is 5.43 Å². The Morgan fingerprint density at radius 2 is 2.08 bits per heavy atom. The normalized spacial score (nSPS) is 10.9. The van der Waals surface area contributed by atoms with Gasteiger partial charge in [0.1, 0.15) is 17.3 Å². The summed E-state index contributed by atoms with van der Waals surface area (Å²) in [5.41, 5.74) is 3.84. The van der Waals surface area contributed by atoms with E-state index in [9.17, 15) is 4.79 Å². The van der Waals surface area contributed by atoms with E-state index in [1.54, 1.807) is 43.5 Å². The molecule has 0 saturated carbocycles. The number of furan rings is 1. The zero-order chi connectivity index (χ0) is 18.5. The largest absolute Gasteiger partial charge is 0.495 e. The predicted molar refractivity (Wildman–Crippen MR) is 110 cm³/mol. The van der Waals surface area contributed by atoms with Gasteiger partial charge in [-0.15, -0.1) is 0 Å². The number of nitrogens with one attached hydrogen (secondary N) is 1. The third-order valence-electron chi connectivity index (χ3n) is 3.51. The number of hydrogen-bond acceptors (Lipinski definition) is 4. The average Bonchev–Trinajstić information content (AvgIpc) is 3.10. The van der Waals surface area contributed by atoms with Gasteiger partial charge in [0.25, 0.3) is 5.91 Å². The van der Waals surface area contributed by atoms with Crippen molar-refractivity contribution in [2.24, 2.45) is 5.10 Å². The van der Waals surface area contributed by atoms with Crippen molar-refractivity contribution in [2.45, 2.75) is 0 Å². The summed E-state index contributed by atoms with van der Waals surface area (Å²) in [5.74, 6) is 1.46. The Balaban J connectivity index is 1.67. The van der Waals surface area contributed by atoms with E-state index in [4.69, 9.17) is 20.8 Å². The van der Waals surface area contributed by atoms with Crippen molar-refractivity contribution in [2.75, 3.05) is 7.11 Å². The van der Waals surface area contributed by atoms with Crippen LogP contribution in [-0.2, 0) is 0 Å². The number of hydrazone groups is 1. The molecule has 1 amide bonds. The Hall–Kier alpha value is -2.32. The van der Waals surface area contributed by atoms with Crippen LogP contribution in [0.5, 0.6) is 5.75 Å². The molecule has 3 rings (SSSR count). The third kappa shape index (κ3) is 4.44. The van der Waals surface area contributed by atoms with Gasteiger partial charge in [0, 0.05) is 14.7 Å². The van der Waals surface area contributed by atoms with Crippen LogP contribution in [-0.4, -0.2) is 19.2 Å². The molecule has 0 unspecified atom stereocenters. The Bertz CT molecular complexity index is 969. The Morgan fingerprint density at radius 3 is 2.81 bits per heavy atom. The quantitative estimate of drug-likeness (QED) is 0.318. The molecule has 3 aromatic rings. The second-order valence-corrected chi connectivity index (χ2v) is 6.91. The van der Waals surface area contributed by atoms with Gasteiger partial charge in [0.15, 0.2) is 0 Å². The number of carbonyl (C=O) groups excluding carboxylic acids is 1. The predicted octanol–water partition coefficient (Wildman–Crippen LogP) is 4.98. The highest BCUT2D eigenvalue weighted by molar-refractivity contribution is 14.1. The van der Waals surface area contributed by atoms with Gasteiger partial charge < -0.3 is 9.15 Å². The van der Waals surface area contributed by atoms with Crippen LogP contribution >= 0.6 is 34.2 Å². The van der Waals surface area contributed by atoms with E-state index in [0.717, 1.165) is 9.13 Å². The SMILES string of the molecule is COc1ccc(-c2ccc(C=NNC(=O)c3cccc(I)c3)o2)cc1Cl. The second kappa shape index (κ2) is 8.37. The number of hydrogen-bond donors (Lipinski definition) is 1. The molecule has 0 radical (unpaired) electrons. The molecule has 7 heteroatoms. The van der Waals surface area contributed by atoms with E-state index < -0.39 is 0 Å². The summed E-state index contributed by atoms with van der Waals surface area (Å²) in [6.07, 6.45) is 1.44. The van der Waals surface area contributed by atoms with Gasteiger partial charge in [-0.1, -0.05) is 17.7 Å². The Kier molecular flexibility index (Phi) is 5.95. The number of rotatable bonds is 5. The van der Waals surface area contributed by atoms with Crippen molar-refractivity contribution in [3.05, 3.63) is 74.5 Å². The van der Waals surface area contributed by atoms with Crippen LogP contribution in [0.4, 0.5) is 0 Å². The van der Waals surface area contributed by atoms with Crippen molar-refractivity contribution in [3.8, 4) is 17.1 Å². The first-order chi connectivity index (χ1) is 12.6. The van der Waals surface area contributed by atoms with E-state index in [1.165, 1.54) is 6.21 Å². The smallest absolute Gasteiger partial charge is 0.271 e. The van der Waals surface area contributed by atoms with Gasteiger partial charge in [0.05, 0.1) is 18.3 Å². The van der Waals surface area contributed by atoms with Gasteiger partial charge in [-0.05, 0) is 71.1 Å². The van der Waals surface area contributed by atoms with Crippen molar-refractivity contribution < 1.29 is 13.9 Å². The molecule has 0 bridgehead atoms. The van der Waals surface area contributed by atoms with Gasteiger partial charge in [-0.25, -0.2) is 5.43 Å². The van der Waals surface area contributed by atoms with Crippen LogP contribution in [0.2, 0.25) is 5.02 Å². The highest BCUT2D eigenvalue weighted by Crippen LogP contribution is 2.30. The molecule has 1 heterocycles. The Morgan fingerprint density at radius 1 is 1.23 bits per heavy atom. The molecular weight excluding hydrogens is 467 g/mol. The molecule has 0 aliphatic rings. The van der Waals surface area contributed by atoms with Crippen LogP contribution < -0.4 is 10.2 Å². The fourth-order valence-corrected chi connectivity index (χ4v) is 3.05. The zero-order valence-electron chi connectivity index (χ0n) is 13.7. The van der Waals surface area contributed by atoms with E-state index in [-0.39, 0.29) is 5.91 Å². The minimum atomic E-state index is -0.284. The molecule has 0 aliphatic carbocycles. The standard InChI is InChI=1S/C19H14ClIN2O3/c1-25-18-7-5-12(10-16(18)20)17-8-6-15(26-17)11-22-23-19(24)13-3-2-4-14(21)9-13/h2-11H,1H3,(H,23,24). The molecule has 1 aromatic heterocycles. The number of halogens is 2. The van der Waals surface area contributed by atoms with Gasteiger partial charge in [-0.3, -0.25) is 4.79 Å². The van der Waals surface area contributed by atoms with Crippen LogP contribution in [0, 0.1) is 3.57 Å². The average molecular weight is 481 g/mol. The lowest BCUT2D eigenvalue weighted by molar-refractivity contribution is 0.0955. The van der Waals surface area contributed by atoms with Gasteiger partial charge in [-0.2, -0.15) is 5.10 Å². The van der Waals surface area contributed by atoms with Crippen LogP contribution in [0.3, 0.4) is 0 Å². The molecule has 2 aromatic carbocycles. The van der Waals surface area contributed by atoms with E-state index in [0.29, 0.717) is 27.9 Å². The van der Waals surface area contributed by atoms with Crippen molar-refractivity contribution >= 4 is 46.3 Å². The number of amides is 1. The van der Waals surface area contributed by atoms with Crippen LogP contribution in [0.25, 0.3) is 11.3 Å². The van der Waals surface area contributed by atoms with E-state index in [1.807, 2.05) is 18.2 Å². The first-order valence-electron chi connectivity index (χ1n) is 7.59. The fraction of sp³-hybridized carbons (Fsp3) is 0.0526. The van der Waals surface area contributed by atoms with Crippen LogP contribution in [0.1, 0.15) is 16.1 Å². The highest BCUT2D eigenvalue weighted by Gasteiger charge is 2.08. The molecule has 0 atom stereocenters. The summed E-state index contributed by atoms with van der Waals surface area (Å²) in [7, 11) is 1.56. The van der Waals surface area contributed by atoms with E-state index >= 15 is 0 Å². The fourth-order valence-electron chi connectivity index (χ4n) is 2.25. The minimum absolute atomic E-state index is 0.284. The van der Waals surface area contributed by atoms with E-state index in [2.05, 4.69) is 33.1 Å². The summed E-state index contributed by atoms with van der Waals surface area (Å²) >= 11 is 8.28. The summed E-state index contributed by atoms with van der Waals surface area (Å²) in [4.78, 5) is 12.0. The van der Waals surface area contributed by atoms with Crippen molar-refractivity contribution in [1.29, 1.82) is 0 Å². The third-order valence-corrected chi connectivity index (χ3v) is 4.47. The molecule has 0 spiro atoms. The molecule has 132 valence electrons. The Labute approximate surface area is 169 Å². The first kappa shape index (κ1) is 18.5. The summed E-state index contributed by atoms with van der Waals surface area (Å²) in [6, 6.07) is 16.2. The monoisotopic (exact) mass is 480 g/mol. The number of benzene rings is 2.